The van der Waals surface area contributed by atoms with Crippen LogP contribution in [0.15, 0.2) is 22.7 Å². The van der Waals surface area contributed by atoms with Gasteiger partial charge in [-0.1, -0.05) is 40.7 Å². The van der Waals surface area contributed by atoms with Gasteiger partial charge < -0.3 is 14.6 Å². The van der Waals surface area contributed by atoms with E-state index in [0.717, 1.165) is 15.8 Å². The Hall–Kier alpha value is -0.580. The second-order valence-corrected chi connectivity index (χ2v) is 8.27. The summed E-state index contributed by atoms with van der Waals surface area (Å²) in [6, 6.07) is 5.96. The molecule has 1 saturated heterocycles. The summed E-state index contributed by atoms with van der Waals surface area (Å²) in [4.78, 5) is 0. The molecule has 1 N–H and O–H groups in total. The summed E-state index contributed by atoms with van der Waals surface area (Å²) in [6.45, 7) is 10.7. The zero-order chi connectivity index (χ0) is 16.1. The van der Waals surface area contributed by atoms with Gasteiger partial charge >= 0.3 is 0 Å². The summed E-state index contributed by atoms with van der Waals surface area (Å²) >= 11 is 3.47. The van der Waals surface area contributed by atoms with Crippen molar-refractivity contribution in [3.05, 3.63) is 28.2 Å². The molecule has 3 nitrogen and oxygen atoms in total. The summed E-state index contributed by atoms with van der Waals surface area (Å²) in [5.41, 5.74) is -0.514. The Bertz CT molecular complexity index is 533. The van der Waals surface area contributed by atoms with Crippen LogP contribution in [-0.4, -0.2) is 24.4 Å². The molecular formula is C17H25BrO3. The van der Waals surface area contributed by atoms with Gasteiger partial charge in [-0.3, -0.25) is 0 Å². The maximum atomic E-state index is 11.2. The molecule has 4 heteroatoms. The molecule has 0 bridgehead atoms. The minimum absolute atomic E-state index is 0.163. The highest BCUT2D eigenvalue weighted by atomic mass is 79.9. The van der Waals surface area contributed by atoms with E-state index in [1.807, 2.05) is 18.2 Å². The Morgan fingerprint density at radius 1 is 1.33 bits per heavy atom. The van der Waals surface area contributed by atoms with Gasteiger partial charge in [0.15, 0.2) is 0 Å². The number of halogens is 1. The molecule has 21 heavy (non-hydrogen) atoms. The average molecular weight is 357 g/mol. The SMILES string of the molecule is COc1cc(C2OCC(O)(C(C)(C)C)C2(C)C)ccc1Br. The fourth-order valence-corrected chi connectivity index (χ4v) is 3.76. The summed E-state index contributed by atoms with van der Waals surface area (Å²) < 4.78 is 12.3. The van der Waals surface area contributed by atoms with Gasteiger partial charge in [0.25, 0.3) is 0 Å². The van der Waals surface area contributed by atoms with Crippen LogP contribution in [0.3, 0.4) is 0 Å². The molecule has 1 aliphatic rings. The lowest BCUT2D eigenvalue weighted by molar-refractivity contribution is -0.119. The Morgan fingerprint density at radius 2 is 1.95 bits per heavy atom. The van der Waals surface area contributed by atoms with Crippen LogP contribution in [0.1, 0.15) is 46.3 Å². The first-order chi connectivity index (χ1) is 9.54. The summed E-state index contributed by atoms with van der Waals surface area (Å²) in [7, 11) is 1.65. The largest absolute Gasteiger partial charge is 0.496 e. The predicted octanol–water partition coefficient (Wildman–Crippen LogP) is 4.33. The quantitative estimate of drug-likeness (QED) is 0.856. The summed E-state index contributed by atoms with van der Waals surface area (Å²) in [5.74, 6) is 0.776. The number of methoxy groups -OCH3 is 1. The maximum absolute atomic E-state index is 11.2. The van der Waals surface area contributed by atoms with Crippen molar-refractivity contribution >= 4 is 15.9 Å². The normalized spacial score (nSPS) is 28.7. The Kier molecular flexibility index (Phi) is 4.20. The molecule has 1 aromatic rings. The molecule has 1 fully saturated rings. The van der Waals surface area contributed by atoms with E-state index in [0.29, 0.717) is 6.61 Å². The Labute approximate surface area is 135 Å². The van der Waals surface area contributed by atoms with Crippen molar-refractivity contribution in [2.24, 2.45) is 10.8 Å². The molecule has 0 amide bonds. The number of aliphatic hydroxyl groups is 1. The van der Waals surface area contributed by atoms with Gasteiger partial charge in [0.2, 0.25) is 0 Å². The van der Waals surface area contributed by atoms with E-state index in [-0.39, 0.29) is 11.5 Å². The van der Waals surface area contributed by atoms with Crippen molar-refractivity contribution in [3.8, 4) is 5.75 Å². The number of ether oxygens (including phenoxy) is 2. The molecule has 0 spiro atoms. The zero-order valence-electron chi connectivity index (χ0n) is 13.7. The van der Waals surface area contributed by atoms with Crippen molar-refractivity contribution in [1.82, 2.24) is 0 Å². The van der Waals surface area contributed by atoms with E-state index in [9.17, 15) is 5.11 Å². The van der Waals surface area contributed by atoms with Crippen LogP contribution in [0.5, 0.6) is 5.75 Å². The van der Waals surface area contributed by atoms with Crippen LogP contribution in [0.2, 0.25) is 0 Å². The lowest BCUT2D eigenvalue weighted by atomic mass is 9.61. The van der Waals surface area contributed by atoms with Gasteiger partial charge in [0, 0.05) is 5.41 Å². The van der Waals surface area contributed by atoms with Crippen LogP contribution in [0.25, 0.3) is 0 Å². The van der Waals surface area contributed by atoms with Crippen molar-refractivity contribution in [1.29, 1.82) is 0 Å². The minimum atomic E-state index is -0.884. The summed E-state index contributed by atoms with van der Waals surface area (Å²) in [5, 5.41) is 11.2. The van der Waals surface area contributed by atoms with Gasteiger partial charge in [-0.05, 0) is 39.0 Å². The monoisotopic (exact) mass is 356 g/mol. The van der Waals surface area contributed by atoms with E-state index < -0.39 is 11.0 Å². The van der Waals surface area contributed by atoms with Crippen molar-refractivity contribution in [3.63, 3.8) is 0 Å². The molecule has 2 unspecified atom stereocenters. The first-order valence-corrected chi connectivity index (χ1v) is 8.01. The predicted molar refractivity (Wildman–Crippen MR) is 87.6 cm³/mol. The Morgan fingerprint density at radius 3 is 2.43 bits per heavy atom. The van der Waals surface area contributed by atoms with Crippen LogP contribution < -0.4 is 4.74 Å². The minimum Gasteiger partial charge on any atom is -0.496 e. The highest BCUT2D eigenvalue weighted by Crippen LogP contribution is 2.57. The van der Waals surface area contributed by atoms with Gasteiger partial charge in [-0.15, -0.1) is 0 Å². The number of benzene rings is 1. The highest BCUT2D eigenvalue weighted by molar-refractivity contribution is 9.10. The number of rotatable bonds is 2. The standard InChI is InChI=1S/C17H25BrO3/c1-15(2,3)17(19)10-21-14(16(17,4)5)11-7-8-12(18)13(9-11)20-6/h7-9,14,19H,10H2,1-6H3. The first-order valence-electron chi connectivity index (χ1n) is 7.22. The van der Waals surface area contributed by atoms with E-state index in [2.05, 4.69) is 50.5 Å². The molecule has 0 aliphatic carbocycles. The third-order valence-electron chi connectivity index (χ3n) is 4.90. The second-order valence-electron chi connectivity index (χ2n) is 7.42. The molecular weight excluding hydrogens is 332 g/mol. The van der Waals surface area contributed by atoms with E-state index in [4.69, 9.17) is 9.47 Å². The lowest BCUT2D eigenvalue weighted by Crippen LogP contribution is -2.54. The van der Waals surface area contributed by atoms with Gasteiger partial charge in [0.1, 0.15) is 11.4 Å². The van der Waals surface area contributed by atoms with E-state index >= 15 is 0 Å². The third kappa shape index (κ3) is 2.51. The fraction of sp³-hybridized carbons (Fsp3) is 0.647. The van der Waals surface area contributed by atoms with Crippen LogP contribution in [0.4, 0.5) is 0 Å². The van der Waals surface area contributed by atoms with Gasteiger partial charge in [-0.25, -0.2) is 0 Å². The highest BCUT2D eigenvalue weighted by Gasteiger charge is 2.60. The van der Waals surface area contributed by atoms with Crippen LogP contribution in [-0.2, 0) is 4.74 Å². The topological polar surface area (TPSA) is 38.7 Å². The van der Waals surface area contributed by atoms with E-state index in [1.54, 1.807) is 7.11 Å². The molecule has 0 aromatic heterocycles. The molecule has 1 aliphatic heterocycles. The number of hydrogen-bond acceptors (Lipinski definition) is 3. The Balaban J connectivity index is 2.44. The number of hydrogen-bond donors (Lipinski definition) is 1. The molecule has 2 rings (SSSR count). The second kappa shape index (κ2) is 5.25. The van der Waals surface area contributed by atoms with Gasteiger partial charge in [-0.2, -0.15) is 0 Å². The van der Waals surface area contributed by atoms with Crippen LogP contribution >= 0.6 is 15.9 Å². The molecule has 1 heterocycles. The molecule has 0 saturated carbocycles. The molecule has 118 valence electrons. The molecule has 1 aromatic carbocycles. The van der Waals surface area contributed by atoms with Crippen LogP contribution in [0, 0.1) is 10.8 Å². The third-order valence-corrected chi connectivity index (χ3v) is 5.55. The van der Waals surface area contributed by atoms with Crippen molar-refractivity contribution < 1.29 is 14.6 Å². The molecule has 0 radical (unpaired) electrons. The smallest absolute Gasteiger partial charge is 0.133 e. The van der Waals surface area contributed by atoms with Crippen molar-refractivity contribution in [2.75, 3.05) is 13.7 Å². The maximum Gasteiger partial charge on any atom is 0.133 e. The van der Waals surface area contributed by atoms with Crippen molar-refractivity contribution in [2.45, 2.75) is 46.3 Å². The van der Waals surface area contributed by atoms with Gasteiger partial charge in [0.05, 0.1) is 24.3 Å². The van der Waals surface area contributed by atoms with E-state index in [1.165, 1.54) is 0 Å². The summed E-state index contributed by atoms with van der Waals surface area (Å²) in [6.07, 6.45) is -0.163. The first kappa shape index (κ1) is 16.8. The fourth-order valence-electron chi connectivity index (χ4n) is 3.35. The lowest BCUT2D eigenvalue weighted by Gasteiger charge is -2.46. The average Bonchev–Trinajstić information content (AvgIpc) is 2.62. The zero-order valence-corrected chi connectivity index (χ0v) is 15.2. The molecule has 2 atom stereocenters.